The summed E-state index contributed by atoms with van der Waals surface area (Å²) in [5.41, 5.74) is 3.25. The lowest BCUT2D eigenvalue weighted by atomic mass is 9.97. The summed E-state index contributed by atoms with van der Waals surface area (Å²) in [6.07, 6.45) is 0.445. The Balaban J connectivity index is 1.63. The second kappa shape index (κ2) is 10.5. The van der Waals surface area contributed by atoms with Crippen LogP contribution in [0.25, 0.3) is 0 Å². The number of likely N-dealkylation sites (N-methyl/N-ethyl adjacent to an activating group) is 1. The zero-order chi connectivity index (χ0) is 24.1. The predicted molar refractivity (Wildman–Crippen MR) is 129 cm³/mol. The molecule has 3 aromatic carbocycles. The molecule has 3 aromatic rings. The Kier molecular flexibility index (Phi) is 7.23. The number of halogens is 1. The van der Waals surface area contributed by atoms with Crippen LogP contribution in [0.5, 0.6) is 11.5 Å². The van der Waals surface area contributed by atoms with Crippen LogP contribution in [-0.2, 0) is 11.3 Å². The SMILES string of the molecule is COc1ccc([C@H]2CC(c3cccc(F)c3)=NN2C(=O)CN(C)Cc2ccccc2)c(OC)c1. The van der Waals surface area contributed by atoms with Crippen molar-refractivity contribution in [3.05, 3.63) is 95.3 Å². The highest BCUT2D eigenvalue weighted by Crippen LogP contribution is 2.39. The molecule has 0 saturated carbocycles. The summed E-state index contributed by atoms with van der Waals surface area (Å²) in [6, 6.07) is 21.4. The number of ether oxygens (including phenoxy) is 2. The highest BCUT2D eigenvalue weighted by Gasteiger charge is 2.35. The van der Waals surface area contributed by atoms with E-state index in [9.17, 15) is 9.18 Å². The van der Waals surface area contributed by atoms with Crippen molar-refractivity contribution < 1.29 is 18.7 Å². The van der Waals surface area contributed by atoms with E-state index >= 15 is 0 Å². The summed E-state index contributed by atoms with van der Waals surface area (Å²) in [6.45, 7) is 0.821. The second-order valence-electron chi connectivity index (χ2n) is 8.28. The summed E-state index contributed by atoms with van der Waals surface area (Å²) in [5, 5.41) is 6.16. The first-order chi connectivity index (χ1) is 16.5. The fourth-order valence-electron chi connectivity index (χ4n) is 4.17. The first-order valence-corrected chi connectivity index (χ1v) is 11.1. The molecule has 34 heavy (non-hydrogen) atoms. The first-order valence-electron chi connectivity index (χ1n) is 11.1. The van der Waals surface area contributed by atoms with Gasteiger partial charge in [0.15, 0.2) is 0 Å². The number of hydrogen-bond acceptors (Lipinski definition) is 5. The predicted octanol–water partition coefficient (Wildman–Crippen LogP) is 4.65. The maximum Gasteiger partial charge on any atom is 0.257 e. The normalized spacial score (nSPS) is 15.4. The lowest BCUT2D eigenvalue weighted by molar-refractivity contribution is -0.134. The number of hydrazone groups is 1. The molecule has 7 heteroatoms. The molecule has 1 aliphatic heterocycles. The summed E-state index contributed by atoms with van der Waals surface area (Å²) >= 11 is 0. The minimum atomic E-state index is -0.378. The van der Waals surface area contributed by atoms with E-state index in [1.807, 2.05) is 54.4 Å². The zero-order valence-electron chi connectivity index (χ0n) is 19.6. The van der Waals surface area contributed by atoms with Crippen molar-refractivity contribution in [2.24, 2.45) is 5.10 Å². The summed E-state index contributed by atoms with van der Waals surface area (Å²) < 4.78 is 24.8. The van der Waals surface area contributed by atoms with Gasteiger partial charge in [-0.1, -0.05) is 42.5 Å². The first kappa shape index (κ1) is 23.4. The molecule has 4 rings (SSSR count). The Bertz CT molecular complexity index is 1180. The third-order valence-electron chi connectivity index (χ3n) is 5.82. The van der Waals surface area contributed by atoms with E-state index < -0.39 is 0 Å². The molecule has 176 valence electrons. The Morgan fingerprint density at radius 2 is 1.85 bits per heavy atom. The number of nitrogens with zero attached hydrogens (tertiary/aromatic N) is 3. The van der Waals surface area contributed by atoms with Crippen LogP contribution in [0.4, 0.5) is 4.39 Å². The molecule has 6 nitrogen and oxygen atoms in total. The third kappa shape index (κ3) is 5.26. The maximum absolute atomic E-state index is 13.9. The Hall–Kier alpha value is -3.71. The molecule has 0 aliphatic carbocycles. The monoisotopic (exact) mass is 461 g/mol. The molecule has 1 heterocycles. The van der Waals surface area contributed by atoms with Gasteiger partial charge in [0.25, 0.3) is 5.91 Å². The van der Waals surface area contributed by atoms with Crippen molar-refractivity contribution in [3.8, 4) is 11.5 Å². The molecule has 0 fully saturated rings. The zero-order valence-corrected chi connectivity index (χ0v) is 19.6. The topological polar surface area (TPSA) is 54.4 Å². The van der Waals surface area contributed by atoms with Gasteiger partial charge in [-0.3, -0.25) is 9.69 Å². The van der Waals surface area contributed by atoms with Crippen LogP contribution < -0.4 is 9.47 Å². The van der Waals surface area contributed by atoms with Gasteiger partial charge in [-0.05, 0) is 36.9 Å². The molecule has 0 radical (unpaired) electrons. The lowest BCUT2D eigenvalue weighted by Crippen LogP contribution is -2.36. The number of carbonyl (C=O) groups excluding carboxylic acids is 1. The number of hydrogen-bond donors (Lipinski definition) is 0. The van der Waals surface area contributed by atoms with Gasteiger partial charge in [-0.15, -0.1) is 0 Å². The van der Waals surface area contributed by atoms with E-state index in [4.69, 9.17) is 9.47 Å². The van der Waals surface area contributed by atoms with Crippen LogP contribution >= 0.6 is 0 Å². The van der Waals surface area contributed by atoms with Gasteiger partial charge in [0.2, 0.25) is 0 Å². The number of amides is 1. The van der Waals surface area contributed by atoms with Gasteiger partial charge >= 0.3 is 0 Å². The Labute approximate surface area is 199 Å². The number of carbonyl (C=O) groups is 1. The Morgan fingerprint density at radius 1 is 1.06 bits per heavy atom. The third-order valence-corrected chi connectivity index (χ3v) is 5.82. The molecule has 1 atom stereocenters. The van der Waals surface area contributed by atoms with E-state index in [1.165, 1.54) is 17.1 Å². The van der Waals surface area contributed by atoms with Gasteiger partial charge in [-0.25, -0.2) is 9.40 Å². The largest absolute Gasteiger partial charge is 0.497 e. The van der Waals surface area contributed by atoms with Crippen LogP contribution in [0.2, 0.25) is 0 Å². The van der Waals surface area contributed by atoms with Crippen LogP contribution in [0.15, 0.2) is 77.9 Å². The quantitative estimate of drug-likeness (QED) is 0.490. The van der Waals surface area contributed by atoms with E-state index in [2.05, 4.69) is 5.10 Å². The molecule has 1 amide bonds. The number of methoxy groups -OCH3 is 2. The van der Waals surface area contributed by atoms with Crippen LogP contribution in [0, 0.1) is 5.82 Å². The average molecular weight is 462 g/mol. The van der Waals surface area contributed by atoms with Gasteiger partial charge in [-0.2, -0.15) is 5.10 Å². The summed E-state index contributed by atoms with van der Waals surface area (Å²) in [5.74, 6) is 0.777. The van der Waals surface area contributed by atoms with Crippen molar-refractivity contribution in [2.45, 2.75) is 19.0 Å². The molecule has 1 aliphatic rings. The standard InChI is InChI=1S/C27H28FN3O3/c1-30(17-19-8-5-4-6-9-19)18-27(32)31-25(23-13-12-22(33-2)15-26(23)34-3)16-24(29-31)20-10-7-11-21(28)14-20/h4-15,25H,16-18H2,1-3H3/t25-/m1/s1. The highest BCUT2D eigenvalue weighted by atomic mass is 19.1. The molecule has 0 spiro atoms. The van der Waals surface area contributed by atoms with Gasteiger partial charge < -0.3 is 9.47 Å². The molecule has 0 aromatic heterocycles. The second-order valence-corrected chi connectivity index (χ2v) is 8.28. The summed E-state index contributed by atoms with van der Waals surface area (Å²) in [4.78, 5) is 15.4. The van der Waals surface area contributed by atoms with E-state index in [0.29, 0.717) is 35.7 Å². The maximum atomic E-state index is 13.9. The number of rotatable bonds is 8. The van der Waals surface area contributed by atoms with Crippen molar-refractivity contribution in [1.29, 1.82) is 0 Å². The van der Waals surface area contributed by atoms with Crippen molar-refractivity contribution in [1.82, 2.24) is 9.91 Å². The van der Waals surface area contributed by atoms with Crippen LogP contribution in [0.1, 0.15) is 29.2 Å². The van der Waals surface area contributed by atoms with Gasteiger partial charge in [0.05, 0.1) is 32.5 Å². The minimum Gasteiger partial charge on any atom is -0.497 e. The molecule has 0 N–H and O–H groups in total. The molecule has 0 unspecified atom stereocenters. The fourth-order valence-corrected chi connectivity index (χ4v) is 4.17. The van der Waals surface area contributed by atoms with Crippen molar-refractivity contribution in [3.63, 3.8) is 0 Å². The lowest BCUT2D eigenvalue weighted by Gasteiger charge is -2.26. The highest BCUT2D eigenvalue weighted by molar-refractivity contribution is 6.03. The summed E-state index contributed by atoms with van der Waals surface area (Å²) in [7, 11) is 5.08. The van der Waals surface area contributed by atoms with Crippen LogP contribution in [-0.4, -0.2) is 49.3 Å². The molecule has 0 saturated heterocycles. The van der Waals surface area contributed by atoms with Gasteiger partial charge in [0, 0.05) is 30.2 Å². The van der Waals surface area contributed by atoms with Crippen LogP contribution in [0.3, 0.4) is 0 Å². The fraction of sp³-hybridized carbons (Fsp3) is 0.259. The van der Waals surface area contributed by atoms with Crippen molar-refractivity contribution in [2.75, 3.05) is 27.8 Å². The Morgan fingerprint density at radius 3 is 2.56 bits per heavy atom. The van der Waals surface area contributed by atoms with Gasteiger partial charge in [0.1, 0.15) is 17.3 Å². The average Bonchev–Trinajstić information content (AvgIpc) is 3.29. The number of benzene rings is 3. The van der Waals surface area contributed by atoms with E-state index in [0.717, 1.165) is 11.1 Å². The van der Waals surface area contributed by atoms with E-state index in [-0.39, 0.29) is 24.3 Å². The molecular weight excluding hydrogens is 433 g/mol. The smallest absolute Gasteiger partial charge is 0.257 e. The molecular formula is C27H28FN3O3. The minimum absolute atomic E-state index is 0.146. The molecule has 0 bridgehead atoms. The van der Waals surface area contributed by atoms with Crippen molar-refractivity contribution >= 4 is 11.6 Å². The van der Waals surface area contributed by atoms with E-state index in [1.54, 1.807) is 32.4 Å².